The first-order valence-electron chi connectivity index (χ1n) is 4.58. The summed E-state index contributed by atoms with van der Waals surface area (Å²) in [6, 6.07) is 0. The number of nitrogens with one attached hydrogen (secondary N) is 1. The molecule has 0 saturated carbocycles. The molecule has 1 aliphatic rings. The molecule has 1 atom stereocenters. The molecule has 4 nitrogen and oxygen atoms in total. The minimum absolute atomic E-state index is 0.0313. The Bertz CT molecular complexity index is 355. The second-order valence-corrected chi connectivity index (χ2v) is 4.63. The van der Waals surface area contributed by atoms with E-state index in [1.165, 1.54) is 0 Å². The first-order valence-corrected chi connectivity index (χ1v) is 5.50. The van der Waals surface area contributed by atoms with Crippen LogP contribution in [-0.4, -0.2) is 27.5 Å². The highest BCUT2D eigenvalue weighted by atomic mass is 79.9. The molecule has 5 heteroatoms. The number of amides is 1. The Morgan fingerprint density at radius 3 is 2.71 bits per heavy atom. The Kier molecular flexibility index (Phi) is 2.34. The molecule has 14 heavy (non-hydrogen) atoms. The Morgan fingerprint density at radius 1 is 1.57 bits per heavy atom. The average molecular weight is 258 g/mol. The molecule has 1 unspecified atom stereocenters. The number of carbonyl (C=O) groups is 1. The molecule has 2 heterocycles. The fourth-order valence-corrected chi connectivity index (χ4v) is 2.26. The summed E-state index contributed by atoms with van der Waals surface area (Å²) in [5.41, 5.74) is 2.78. The van der Waals surface area contributed by atoms with Crippen LogP contribution in [0.25, 0.3) is 0 Å². The molecule has 0 bridgehead atoms. The summed E-state index contributed by atoms with van der Waals surface area (Å²) in [4.78, 5) is 13.5. The van der Waals surface area contributed by atoms with Crippen LogP contribution in [0.2, 0.25) is 0 Å². The van der Waals surface area contributed by atoms with Crippen LogP contribution < -0.4 is 4.90 Å². The van der Waals surface area contributed by atoms with Gasteiger partial charge >= 0.3 is 0 Å². The SMILES string of the molecule is Cc1n[nH]c(C)c1N1CCC(Br)C1=O. The lowest BCUT2D eigenvalue weighted by Crippen LogP contribution is -2.27. The number of aryl methyl sites for hydroxylation is 2. The van der Waals surface area contributed by atoms with Gasteiger partial charge in [-0.1, -0.05) is 15.9 Å². The van der Waals surface area contributed by atoms with Crippen molar-refractivity contribution in [3.63, 3.8) is 0 Å². The zero-order valence-corrected chi connectivity index (χ0v) is 9.76. The first-order chi connectivity index (χ1) is 6.61. The van der Waals surface area contributed by atoms with Crippen molar-refractivity contribution in [2.24, 2.45) is 0 Å². The van der Waals surface area contributed by atoms with Crippen molar-refractivity contribution in [2.45, 2.75) is 25.1 Å². The summed E-state index contributed by atoms with van der Waals surface area (Å²) in [5, 5.41) is 6.98. The van der Waals surface area contributed by atoms with Crippen LogP contribution in [0.3, 0.4) is 0 Å². The number of H-pyrrole nitrogens is 1. The molecule has 1 N–H and O–H groups in total. The van der Waals surface area contributed by atoms with Gasteiger partial charge in [-0.3, -0.25) is 9.89 Å². The molecule has 0 aromatic carbocycles. The summed E-state index contributed by atoms with van der Waals surface area (Å²) < 4.78 is 0. The van der Waals surface area contributed by atoms with E-state index in [1.54, 1.807) is 4.90 Å². The maximum atomic E-state index is 11.7. The number of halogens is 1. The highest BCUT2D eigenvalue weighted by Crippen LogP contribution is 2.29. The van der Waals surface area contributed by atoms with Gasteiger partial charge in [-0.2, -0.15) is 5.10 Å². The maximum absolute atomic E-state index is 11.7. The normalized spacial score (nSPS) is 22.1. The van der Waals surface area contributed by atoms with Crippen LogP contribution in [0.5, 0.6) is 0 Å². The van der Waals surface area contributed by atoms with Gasteiger partial charge in [0.25, 0.3) is 0 Å². The smallest absolute Gasteiger partial charge is 0.240 e. The highest BCUT2D eigenvalue weighted by Gasteiger charge is 2.32. The first kappa shape index (κ1) is 9.71. The Balaban J connectivity index is 2.36. The number of rotatable bonds is 1. The molecular formula is C9H12BrN3O. The molecule has 2 rings (SSSR count). The predicted molar refractivity (Wildman–Crippen MR) is 57.7 cm³/mol. The van der Waals surface area contributed by atoms with E-state index in [4.69, 9.17) is 0 Å². The lowest BCUT2D eigenvalue weighted by Gasteiger charge is -2.15. The van der Waals surface area contributed by atoms with Crippen molar-refractivity contribution in [3.05, 3.63) is 11.4 Å². The Morgan fingerprint density at radius 2 is 2.29 bits per heavy atom. The standard InChI is InChI=1S/C9H12BrN3O/c1-5-8(6(2)12-11-5)13-4-3-7(10)9(13)14/h7H,3-4H2,1-2H3,(H,11,12). The Labute approximate surface area is 90.8 Å². The van der Waals surface area contributed by atoms with Crippen molar-refractivity contribution in [1.29, 1.82) is 0 Å². The summed E-state index contributed by atoms with van der Waals surface area (Å²) in [7, 11) is 0. The van der Waals surface area contributed by atoms with Gasteiger partial charge in [-0.15, -0.1) is 0 Å². The van der Waals surface area contributed by atoms with Gasteiger partial charge in [-0.05, 0) is 20.3 Å². The zero-order valence-electron chi connectivity index (χ0n) is 8.17. The number of carbonyl (C=O) groups excluding carboxylic acids is 1. The topological polar surface area (TPSA) is 49.0 Å². The van der Waals surface area contributed by atoms with E-state index in [-0.39, 0.29) is 10.7 Å². The lowest BCUT2D eigenvalue weighted by atomic mass is 10.3. The fraction of sp³-hybridized carbons (Fsp3) is 0.556. The lowest BCUT2D eigenvalue weighted by molar-refractivity contribution is -0.116. The second kappa shape index (κ2) is 3.38. The van der Waals surface area contributed by atoms with Gasteiger partial charge in [0.2, 0.25) is 5.91 Å². The van der Waals surface area contributed by atoms with Crippen LogP contribution in [-0.2, 0) is 4.79 Å². The third-order valence-electron chi connectivity index (χ3n) is 2.50. The summed E-state index contributed by atoms with van der Waals surface area (Å²) in [6.45, 7) is 4.62. The molecule has 1 fully saturated rings. The average Bonchev–Trinajstić information content (AvgIpc) is 2.62. The number of aromatic nitrogens is 2. The van der Waals surface area contributed by atoms with Crippen molar-refractivity contribution in [2.75, 3.05) is 11.4 Å². The van der Waals surface area contributed by atoms with Gasteiger partial charge in [0.15, 0.2) is 0 Å². The zero-order chi connectivity index (χ0) is 10.3. The van der Waals surface area contributed by atoms with Gasteiger partial charge in [0.05, 0.1) is 21.9 Å². The minimum atomic E-state index is -0.0313. The third kappa shape index (κ3) is 1.35. The minimum Gasteiger partial charge on any atom is -0.308 e. The van der Waals surface area contributed by atoms with E-state index in [2.05, 4.69) is 26.1 Å². The molecule has 1 aliphatic heterocycles. The molecule has 1 aromatic rings. The molecule has 0 spiro atoms. The van der Waals surface area contributed by atoms with Gasteiger partial charge in [0.1, 0.15) is 0 Å². The van der Waals surface area contributed by atoms with Gasteiger partial charge in [0, 0.05) is 6.54 Å². The number of hydrogen-bond acceptors (Lipinski definition) is 2. The number of nitrogens with zero attached hydrogens (tertiary/aromatic N) is 2. The maximum Gasteiger partial charge on any atom is 0.240 e. The van der Waals surface area contributed by atoms with E-state index in [9.17, 15) is 4.79 Å². The Hall–Kier alpha value is -0.840. The highest BCUT2D eigenvalue weighted by molar-refractivity contribution is 9.10. The number of anilines is 1. The van der Waals surface area contributed by atoms with Crippen molar-refractivity contribution < 1.29 is 4.79 Å². The van der Waals surface area contributed by atoms with Gasteiger partial charge in [-0.25, -0.2) is 0 Å². The van der Waals surface area contributed by atoms with Crippen LogP contribution in [0.15, 0.2) is 0 Å². The van der Waals surface area contributed by atoms with E-state index < -0.39 is 0 Å². The largest absolute Gasteiger partial charge is 0.308 e. The molecule has 0 aliphatic carbocycles. The van der Waals surface area contributed by atoms with Gasteiger partial charge < -0.3 is 4.90 Å². The van der Waals surface area contributed by atoms with Crippen molar-refractivity contribution in [1.82, 2.24) is 10.2 Å². The summed E-state index contributed by atoms with van der Waals surface area (Å²) >= 11 is 3.36. The van der Waals surface area contributed by atoms with Crippen molar-refractivity contribution >= 4 is 27.5 Å². The van der Waals surface area contributed by atoms with Crippen LogP contribution in [0, 0.1) is 13.8 Å². The molecule has 1 saturated heterocycles. The van der Waals surface area contributed by atoms with E-state index >= 15 is 0 Å². The molecule has 1 amide bonds. The number of alkyl halides is 1. The molecule has 1 aromatic heterocycles. The van der Waals surface area contributed by atoms with Crippen LogP contribution in [0.1, 0.15) is 17.8 Å². The van der Waals surface area contributed by atoms with Crippen molar-refractivity contribution in [3.8, 4) is 0 Å². The third-order valence-corrected chi connectivity index (χ3v) is 3.35. The predicted octanol–water partition coefficient (Wildman–Crippen LogP) is 1.53. The van der Waals surface area contributed by atoms with E-state index in [1.807, 2.05) is 13.8 Å². The van der Waals surface area contributed by atoms with E-state index in [0.29, 0.717) is 0 Å². The van der Waals surface area contributed by atoms with Crippen LogP contribution >= 0.6 is 15.9 Å². The molecule has 0 radical (unpaired) electrons. The summed E-state index contributed by atoms with van der Waals surface area (Å²) in [5.74, 6) is 0.137. The monoisotopic (exact) mass is 257 g/mol. The molecular weight excluding hydrogens is 246 g/mol. The molecule has 76 valence electrons. The number of aromatic amines is 1. The fourth-order valence-electron chi connectivity index (χ4n) is 1.81. The number of hydrogen-bond donors (Lipinski definition) is 1. The quantitative estimate of drug-likeness (QED) is 0.776. The van der Waals surface area contributed by atoms with E-state index in [0.717, 1.165) is 30.0 Å². The second-order valence-electron chi connectivity index (χ2n) is 3.53. The van der Waals surface area contributed by atoms with Crippen LogP contribution in [0.4, 0.5) is 5.69 Å². The summed E-state index contributed by atoms with van der Waals surface area (Å²) in [6.07, 6.45) is 0.864.